The first-order chi connectivity index (χ1) is 14.7. The number of para-hydroxylation sites is 1. The summed E-state index contributed by atoms with van der Waals surface area (Å²) in [6, 6.07) is 21.4. The van der Waals surface area contributed by atoms with Gasteiger partial charge in [0.2, 0.25) is 5.91 Å². The molecule has 3 aliphatic rings. The fourth-order valence-corrected chi connectivity index (χ4v) is 6.12. The molecule has 158 valence electrons. The smallest absolute Gasteiger partial charge is 0.238 e. The first-order valence-corrected chi connectivity index (χ1v) is 11.7. The van der Waals surface area contributed by atoms with Crippen molar-refractivity contribution in [3.63, 3.8) is 0 Å². The van der Waals surface area contributed by atoms with Gasteiger partial charge in [-0.25, -0.2) is 0 Å². The largest absolute Gasteiger partial charge is 0.369 e. The number of carbonyl (C=O) groups excluding carboxylic acids is 1. The molecule has 2 saturated heterocycles. The molecule has 5 atom stereocenters. The average Bonchev–Trinajstić information content (AvgIpc) is 2.80. The fraction of sp³-hybridized carbons (Fsp3) is 0.480. The number of alkyl halides is 1. The number of amides is 1. The van der Waals surface area contributed by atoms with Crippen LogP contribution >= 0.6 is 11.6 Å². The summed E-state index contributed by atoms with van der Waals surface area (Å²) in [4.78, 5) is 18.2. The van der Waals surface area contributed by atoms with E-state index in [-0.39, 0.29) is 29.3 Å². The Hall–Kier alpha value is -2.04. The summed E-state index contributed by atoms with van der Waals surface area (Å²) < 4.78 is 0. The normalized spacial score (nSPS) is 32.4. The molecule has 1 saturated carbocycles. The predicted octanol–water partition coefficient (Wildman–Crippen LogP) is 3.87. The van der Waals surface area contributed by atoms with E-state index in [1.54, 1.807) is 0 Å². The van der Waals surface area contributed by atoms with Crippen molar-refractivity contribution in [1.29, 1.82) is 0 Å². The van der Waals surface area contributed by atoms with Crippen LogP contribution in [0.15, 0.2) is 60.7 Å². The molecular weight excluding hydrogens is 394 g/mol. The molecule has 2 aliphatic heterocycles. The number of benzene rings is 2. The van der Waals surface area contributed by atoms with Crippen LogP contribution in [0.1, 0.15) is 30.7 Å². The molecule has 2 aromatic carbocycles. The minimum absolute atomic E-state index is 0.117. The van der Waals surface area contributed by atoms with E-state index in [1.165, 1.54) is 11.3 Å². The van der Waals surface area contributed by atoms with Gasteiger partial charge in [-0.1, -0.05) is 48.5 Å². The number of rotatable bonds is 3. The van der Waals surface area contributed by atoms with E-state index in [4.69, 9.17) is 11.6 Å². The Balaban J connectivity index is 1.40. The van der Waals surface area contributed by atoms with Crippen LogP contribution in [0.3, 0.4) is 0 Å². The number of halogens is 1. The second kappa shape index (κ2) is 8.60. The standard InChI is InChI=1S/C25H30ClN3O/c26-19-11-12-22-21(17-19)23(18-7-3-1-4-8-18)24(25(30)27-22)29-15-13-28(14-16-29)20-9-5-2-6-10-20/h1-10,19,21-24H,11-17H2,(H,27,30). The van der Waals surface area contributed by atoms with Crippen LogP contribution < -0.4 is 10.2 Å². The number of hydrogen-bond donors (Lipinski definition) is 1. The van der Waals surface area contributed by atoms with Crippen LogP contribution in [-0.4, -0.2) is 54.4 Å². The summed E-state index contributed by atoms with van der Waals surface area (Å²) in [6.07, 6.45) is 2.96. The monoisotopic (exact) mass is 423 g/mol. The van der Waals surface area contributed by atoms with Gasteiger partial charge < -0.3 is 10.2 Å². The molecule has 0 aromatic heterocycles. The number of carbonyl (C=O) groups is 1. The maximum Gasteiger partial charge on any atom is 0.238 e. The summed E-state index contributed by atoms with van der Waals surface area (Å²) >= 11 is 6.61. The predicted molar refractivity (Wildman–Crippen MR) is 122 cm³/mol. The average molecular weight is 424 g/mol. The molecule has 1 amide bonds. The Morgan fingerprint density at radius 2 is 1.53 bits per heavy atom. The van der Waals surface area contributed by atoms with E-state index in [9.17, 15) is 4.79 Å². The highest BCUT2D eigenvalue weighted by Gasteiger charge is 2.49. The van der Waals surface area contributed by atoms with Gasteiger partial charge in [0.25, 0.3) is 0 Å². The second-order valence-electron chi connectivity index (χ2n) is 8.93. The number of nitrogens with zero attached hydrogens (tertiary/aromatic N) is 2. The lowest BCUT2D eigenvalue weighted by atomic mass is 9.67. The van der Waals surface area contributed by atoms with Gasteiger partial charge in [-0.05, 0) is 42.9 Å². The molecule has 2 heterocycles. The minimum Gasteiger partial charge on any atom is -0.369 e. The van der Waals surface area contributed by atoms with Crippen molar-refractivity contribution in [2.24, 2.45) is 5.92 Å². The van der Waals surface area contributed by atoms with Crippen LogP contribution in [0.25, 0.3) is 0 Å². The van der Waals surface area contributed by atoms with Crippen molar-refractivity contribution in [2.45, 2.75) is 42.6 Å². The molecule has 4 nitrogen and oxygen atoms in total. The summed E-state index contributed by atoms with van der Waals surface area (Å²) in [7, 11) is 0. The SMILES string of the molecule is O=C1NC2CCC(Cl)CC2C(c2ccccc2)C1N1CCN(c2ccccc2)CC1. The van der Waals surface area contributed by atoms with Gasteiger partial charge in [0.1, 0.15) is 0 Å². The van der Waals surface area contributed by atoms with Crippen molar-refractivity contribution in [1.82, 2.24) is 10.2 Å². The molecule has 5 heteroatoms. The number of anilines is 1. The molecule has 0 radical (unpaired) electrons. The molecule has 0 bridgehead atoms. The molecule has 1 N–H and O–H groups in total. The zero-order valence-corrected chi connectivity index (χ0v) is 18.0. The first kappa shape index (κ1) is 19.9. The third-order valence-corrected chi connectivity index (χ3v) is 7.64. The number of fused-ring (bicyclic) bond motifs is 1. The van der Waals surface area contributed by atoms with Crippen LogP contribution in [0.5, 0.6) is 0 Å². The third kappa shape index (κ3) is 3.83. The van der Waals surface area contributed by atoms with Crippen molar-refractivity contribution in [2.75, 3.05) is 31.1 Å². The van der Waals surface area contributed by atoms with E-state index in [0.717, 1.165) is 45.4 Å². The van der Waals surface area contributed by atoms with Gasteiger partial charge in [-0.3, -0.25) is 9.69 Å². The van der Waals surface area contributed by atoms with Crippen LogP contribution in [0.2, 0.25) is 0 Å². The molecule has 30 heavy (non-hydrogen) atoms. The lowest BCUT2D eigenvalue weighted by molar-refractivity contribution is -0.133. The summed E-state index contributed by atoms with van der Waals surface area (Å²) in [6.45, 7) is 3.69. The number of nitrogens with one attached hydrogen (secondary N) is 1. The zero-order chi connectivity index (χ0) is 20.5. The van der Waals surface area contributed by atoms with E-state index in [2.05, 4.69) is 75.8 Å². The summed E-state index contributed by atoms with van der Waals surface area (Å²) in [5.41, 5.74) is 2.55. The Morgan fingerprint density at radius 3 is 2.23 bits per heavy atom. The highest BCUT2D eigenvalue weighted by Crippen LogP contribution is 2.44. The topological polar surface area (TPSA) is 35.6 Å². The Bertz CT molecular complexity index is 853. The molecule has 0 spiro atoms. The molecule has 3 fully saturated rings. The van der Waals surface area contributed by atoms with E-state index in [0.29, 0.717) is 5.92 Å². The van der Waals surface area contributed by atoms with Crippen molar-refractivity contribution in [3.8, 4) is 0 Å². The van der Waals surface area contributed by atoms with E-state index in [1.807, 2.05) is 0 Å². The molecule has 1 aliphatic carbocycles. The summed E-state index contributed by atoms with van der Waals surface area (Å²) in [5, 5.41) is 3.59. The quantitative estimate of drug-likeness (QED) is 0.761. The lowest BCUT2D eigenvalue weighted by Gasteiger charge is -2.51. The third-order valence-electron chi connectivity index (χ3n) is 7.25. The number of piperidine rings is 1. The van der Waals surface area contributed by atoms with Crippen molar-refractivity contribution >= 4 is 23.2 Å². The molecular formula is C25H30ClN3O. The zero-order valence-electron chi connectivity index (χ0n) is 17.3. The van der Waals surface area contributed by atoms with Gasteiger partial charge in [-0.2, -0.15) is 0 Å². The van der Waals surface area contributed by atoms with Crippen LogP contribution in [-0.2, 0) is 4.79 Å². The molecule has 5 rings (SSSR count). The first-order valence-electron chi connectivity index (χ1n) is 11.2. The van der Waals surface area contributed by atoms with Gasteiger partial charge in [0.05, 0.1) is 6.04 Å². The van der Waals surface area contributed by atoms with Crippen LogP contribution in [0, 0.1) is 5.92 Å². The van der Waals surface area contributed by atoms with E-state index >= 15 is 0 Å². The van der Waals surface area contributed by atoms with Gasteiger partial charge >= 0.3 is 0 Å². The van der Waals surface area contributed by atoms with Crippen molar-refractivity contribution < 1.29 is 4.79 Å². The lowest BCUT2D eigenvalue weighted by Crippen LogP contribution is -2.65. The maximum absolute atomic E-state index is 13.4. The maximum atomic E-state index is 13.4. The number of piperazine rings is 1. The Morgan fingerprint density at radius 1 is 0.867 bits per heavy atom. The Labute approximate surface area is 184 Å². The molecule has 2 aromatic rings. The van der Waals surface area contributed by atoms with Gasteiger partial charge in [0, 0.05) is 49.2 Å². The van der Waals surface area contributed by atoms with Crippen LogP contribution in [0.4, 0.5) is 5.69 Å². The number of hydrogen-bond acceptors (Lipinski definition) is 3. The van der Waals surface area contributed by atoms with Crippen molar-refractivity contribution in [3.05, 3.63) is 66.2 Å². The summed E-state index contributed by atoms with van der Waals surface area (Å²) in [5.74, 6) is 0.805. The highest BCUT2D eigenvalue weighted by molar-refractivity contribution is 6.20. The minimum atomic E-state index is -0.117. The second-order valence-corrected chi connectivity index (χ2v) is 9.55. The Kier molecular flexibility index (Phi) is 5.70. The highest BCUT2D eigenvalue weighted by atomic mass is 35.5. The van der Waals surface area contributed by atoms with E-state index < -0.39 is 0 Å². The molecule has 5 unspecified atom stereocenters. The van der Waals surface area contributed by atoms with Gasteiger partial charge in [0.15, 0.2) is 0 Å². The fourth-order valence-electron chi connectivity index (χ4n) is 5.79. The van der Waals surface area contributed by atoms with Gasteiger partial charge in [-0.15, -0.1) is 11.6 Å².